The predicted molar refractivity (Wildman–Crippen MR) is 120 cm³/mol. The Bertz CT molecular complexity index is 672. The van der Waals surface area contributed by atoms with Crippen molar-refractivity contribution in [1.29, 1.82) is 0 Å². The first-order valence-corrected chi connectivity index (χ1v) is 11.4. The van der Waals surface area contributed by atoms with E-state index in [2.05, 4.69) is 86.0 Å². The fourth-order valence-corrected chi connectivity index (χ4v) is 4.38. The Balaban J connectivity index is 2.16. The molecule has 0 aliphatic rings. The number of rotatable bonds is 11. The quantitative estimate of drug-likeness (QED) is 0.281. The van der Waals surface area contributed by atoms with Gasteiger partial charge in [0.15, 0.2) is 0 Å². The maximum Gasteiger partial charge on any atom is 0.0119 e. The smallest absolute Gasteiger partial charge is 0.0119 e. The zero-order valence-corrected chi connectivity index (χ0v) is 17.6. The van der Waals surface area contributed by atoms with Crippen LogP contribution >= 0.6 is 23.5 Å². The van der Waals surface area contributed by atoms with E-state index in [1.54, 1.807) is 0 Å². The van der Waals surface area contributed by atoms with Crippen molar-refractivity contribution >= 4 is 23.5 Å². The lowest BCUT2D eigenvalue weighted by Gasteiger charge is -2.10. The van der Waals surface area contributed by atoms with E-state index in [4.69, 9.17) is 0 Å². The van der Waals surface area contributed by atoms with E-state index in [0.29, 0.717) is 0 Å². The van der Waals surface area contributed by atoms with E-state index in [1.807, 2.05) is 23.5 Å². The van der Waals surface area contributed by atoms with Gasteiger partial charge in [-0.15, -0.1) is 0 Å². The first-order chi connectivity index (χ1) is 12.8. The van der Waals surface area contributed by atoms with Gasteiger partial charge in [-0.3, -0.25) is 0 Å². The molecule has 0 saturated heterocycles. The summed E-state index contributed by atoms with van der Waals surface area (Å²) in [6, 6.07) is 21.4. The molecule has 0 aliphatic carbocycles. The maximum absolute atomic E-state index is 2.44. The van der Waals surface area contributed by atoms with Gasteiger partial charge in [-0.05, 0) is 71.9 Å². The van der Waals surface area contributed by atoms with Crippen LogP contribution in [-0.4, -0.2) is 0 Å². The molecule has 0 aromatic heterocycles. The summed E-state index contributed by atoms with van der Waals surface area (Å²) in [6.45, 7) is 4.53. The summed E-state index contributed by atoms with van der Waals surface area (Å²) in [5.41, 5.74) is 1.45. The molecule has 0 bridgehead atoms. The fourth-order valence-electron chi connectivity index (χ4n) is 2.54. The van der Waals surface area contributed by atoms with E-state index in [0.717, 1.165) is 12.8 Å². The van der Waals surface area contributed by atoms with Gasteiger partial charge in [0, 0.05) is 9.79 Å². The van der Waals surface area contributed by atoms with Crippen molar-refractivity contribution in [3.63, 3.8) is 0 Å². The van der Waals surface area contributed by atoms with Crippen molar-refractivity contribution in [3.8, 4) is 0 Å². The highest BCUT2D eigenvalue weighted by Crippen LogP contribution is 2.32. The molecule has 0 unspecified atom stereocenters. The van der Waals surface area contributed by atoms with Crippen LogP contribution in [0.2, 0.25) is 0 Å². The van der Waals surface area contributed by atoms with E-state index in [-0.39, 0.29) is 0 Å². The Labute approximate surface area is 168 Å². The number of benzene rings is 2. The topological polar surface area (TPSA) is 0 Å². The molecule has 0 fully saturated rings. The molecule has 0 amide bonds. The summed E-state index contributed by atoms with van der Waals surface area (Å²) in [7, 11) is 0. The number of unbranched alkanes of at least 4 members (excludes halogenated alkanes) is 2. The van der Waals surface area contributed by atoms with Crippen LogP contribution in [0.3, 0.4) is 0 Å². The van der Waals surface area contributed by atoms with Crippen LogP contribution in [-0.2, 0) is 0 Å². The Kier molecular flexibility index (Phi) is 10.4. The van der Waals surface area contributed by atoms with Gasteiger partial charge in [-0.1, -0.05) is 86.6 Å². The normalized spacial score (nSPS) is 12.4. The Morgan fingerprint density at radius 1 is 0.769 bits per heavy atom. The zero-order chi connectivity index (χ0) is 18.5. The van der Waals surface area contributed by atoms with Crippen LogP contribution in [0, 0.1) is 0 Å². The summed E-state index contributed by atoms with van der Waals surface area (Å²) in [4.78, 5) is 4.12. The van der Waals surface area contributed by atoms with Gasteiger partial charge in [-0.2, -0.15) is 0 Å². The monoisotopic (exact) mass is 382 g/mol. The van der Waals surface area contributed by atoms with Crippen molar-refractivity contribution in [1.82, 2.24) is 0 Å². The van der Waals surface area contributed by atoms with Crippen molar-refractivity contribution in [2.45, 2.75) is 62.2 Å². The molecule has 2 aromatic rings. The first kappa shape index (κ1) is 20.9. The van der Waals surface area contributed by atoms with Crippen molar-refractivity contribution in [2.24, 2.45) is 0 Å². The maximum atomic E-state index is 2.44. The number of allylic oxidation sites excluding steroid dienone is 3. The van der Waals surface area contributed by atoms with Gasteiger partial charge in [-0.25, -0.2) is 0 Å². The minimum absolute atomic E-state index is 1.15. The number of thioether (sulfide) groups is 2. The summed E-state index contributed by atoms with van der Waals surface area (Å²) < 4.78 is 0. The lowest BCUT2D eigenvalue weighted by molar-refractivity contribution is 0.791. The van der Waals surface area contributed by atoms with Gasteiger partial charge >= 0.3 is 0 Å². The molecule has 0 aliphatic heterocycles. The molecule has 0 nitrogen and oxygen atoms in total. The number of hydrogen-bond donors (Lipinski definition) is 0. The summed E-state index contributed by atoms with van der Waals surface area (Å²) >= 11 is 3.76. The second-order valence-electron chi connectivity index (χ2n) is 6.36. The highest BCUT2D eigenvalue weighted by molar-refractivity contribution is 8.03. The van der Waals surface area contributed by atoms with E-state index in [9.17, 15) is 0 Å². The third kappa shape index (κ3) is 8.33. The van der Waals surface area contributed by atoms with Crippen LogP contribution in [0.1, 0.15) is 52.4 Å². The number of hydrogen-bond acceptors (Lipinski definition) is 2. The second-order valence-corrected chi connectivity index (χ2v) is 8.50. The van der Waals surface area contributed by atoms with Crippen molar-refractivity contribution in [2.75, 3.05) is 0 Å². The minimum atomic E-state index is 1.15. The van der Waals surface area contributed by atoms with E-state index in [1.165, 1.54) is 46.0 Å². The molecule has 0 N–H and O–H groups in total. The molecule has 0 spiro atoms. The van der Waals surface area contributed by atoms with Crippen molar-refractivity contribution < 1.29 is 0 Å². The van der Waals surface area contributed by atoms with Crippen LogP contribution in [0.4, 0.5) is 0 Å². The van der Waals surface area contributed by atoms with Gasteiger partial charge in [0.2, 0.25) is 0 Å². The van der Waals surface area contributed by atoms with Crippen LogP contribution in [0.5, 0.6) is 0 Å². The van der Waals surface area contributed by atoms with E-state index >= 15 is 0 Å². The Morgan fingerprint density at radius 3 is 1.96 bits per heavy atom. The molecule has 0 saturated carbocycles. The lowest BCUT2D eigenvalue weighted by Crippen LogP contribution is -1.85. The zero-order valence-electron chi connectivity index (χ0n) is 16.0. The fraction of sp³-hybridized carbons (Fsp3) is 0.333. The van der Waals surface area contributed by atoms with Crippen LogP contribution in [0.25, 0.3) is 0 Å². The SMILES string of the molecule is CCCCC(=C\Sc1ccccc1)/C=C(\CCCC)Sc1ccccc1. The third-order valence-electron chi connectivity index (χ3n) is 4.02. The molecule has 138 valence electrons. The second kappa shape index (κ2) is 12.9. The Hall–Kier alpha value is -1.38. The lowest BCUT2D eigenvalue weighted by atomic mass is 10.1. The highest BCUT2D eigenvalue weighted by atomic mass is 32.2. The summed E-state index contributed by atoms with van der Waals surface area (Å²) in [5, 5.41) is 2.35. The molecule has 2 heteroatoms. The van der Waals surface area contributed by atoms with Gasteiger partial charge in [0.25, 0.3) is 0 Å². The van der Waals surface area contributed by atoms with Crippen molar-refractivity contribution in [3.05, 3.63) is 82.6 Å². The summed E-state index contributed by atoms with van der Waals surface area (Å²) in [5.74, 6) is 0. The third-order valence-corrected chi connectivity index (χ3v) is 6.08. The highest BCUT2D eigenvalue weighted by Gasteiger charge is 2.04. The van der Waals surface area contributed by atoms with Crippen LogP contribution in [0.15, 0.2) is 92.4 Å². The van der Waals surface area contributed by atoms with Gasteiger partial charge in [0.1, 0.15) is 0 Å². The molecule has 0 atom stereocenters. The molecular formula is C24H30S2. The Morgan fingerprint density at radius 2 is 1.35 bits per heavy atom. The van der Waals surface area contributed by atoms with Gasteiger partial charge < -0.3 is 0 Å². The molecule has 0 radical (unpaired) electrons. The molecule has 0 heterocycles. The van der Waals surface area contributed by atoms with Gasteiger partial charge in [0.05, 0.1) is 0 Å². The molecular weight excluding hydrogens is 352 g/mol. The first-order valence-electron chi connectivity index (χ1n) is 9.66. The van der Waals surface area contributed by atoms with Crippen LogP contribution < -0.4 is 0 Å². The largest absolute Gasteiger partial charge is 0.0978 e. The average molecular weight is 383 g/mol. The molecule has 2 rings (SSSR count). The summed E-state index contributed by atoms with van der Waals surface area (Å²) in [6.07, 6.45) is 9.72. The average Bonchev–Trinajstić information content (AvgIpc) is 2.69. The molecule has 26 heavy (non-hydrogen) atoms. The predicted octanol–water partition coefficient (Wildman–Crippen LogP) is 8.72. The standard InChI is InChI=1S/C24H30S2/c1-3-5-13-21(20-25-22-15-9-7-10-16-22)19-24(14-6-4-2)26-23-17-11-8-12-18-23/h7-12,15-20H,3-6,13-14H2,1-2H3/b21-20+,24-19+. The minimum Gasteiger partial charge on any atom is -0.0978 e. The van der Waals surface area contributed by atoms with E-state index < -0.39 is 0 Å². The molecule has 2 aromatic carbocycles.